The van der Waals surface area contributed by atoms with Crippen LogP contribution in [0.2, 0.25) is 0 Å². The van der Waals surface area contributed by atoms with Crippen molar-refractivity contribution in [2.75, 3.05) is 0 Å². The summed E-state index contributed by atoms with van der Waals surface area (Å²) in [6, 6.07) is 11.5. The van der Waals surface area contributed by atoms with Gasteiger partial charge in [0.15, 0.2) is 0 Å². The zero-order chi connectivity index (χ0) is 26.3. The normalized spacial score (nSPS) is 12.3. The van der Waals surface area contributed by atoms with Crippen molar-refractivity contribution in [3.05, 3.63) is 86.5 Å². The summed E-state index contributed by atoms with van der Waals surface area (Å²) in [4.78, 5) is 0. The van der Waals surface area contributed by atoms with E-state index in [1.807, 2.05) is 38.1 Å². The molecule has 3 aromatic rings. The van der Waals surface area contributed by atoms with Crippen LogP contribution in [0.1, 0.15) is 91.6 Å². The van der Waals surface area contributed by atoms with Crippen molar-refractivity contribution in [3.8, 4) is 17.2 Å². The van der Waals surface area contributed by atoms with Crippen molar-refractivity contribution in [3.63, 3.8) is 0 Å². The van der Waals surface area contributed by atoms with Gasteiger partial charge in [-0.25, -0.2) is 0 Å². The lowest BCUT2D eigenvalue weighted by molar-refractivity contribution is 0.281. The van der Waals surface area contributed by atoms with E-state index in [1.54, 1.807) is 12.1 Å². The van der Waals surface area contributed by atoms with Crippen LogP contribution in [0.3, 0.4) is 0 Å². The van der Waals surface area contributed by atoms with E-state index in [1.165, 1.54) is 0 Å². The Kier molecular flexibility index (Phi) is 7.29. The van der Waals surface area contributed by atoms with Gasteiger partial charge in [-0.1, -0.05) is 76.9 Å². The third kappa shape index (κ3) is 5.82. The van der Waals surface area contributed by atoms with Crippen molar-refractivity contribution >= 4 is 0 Å². The SMILES string of the molecule is Cc1cc(Cc2cc(CO)cc(Cc3cc(C)cc(C(C)(C)C)c3O)c2O)c(O)c(C(C)(C)C)c1. The first kappa shape index (κ1) is 26.6. The topological polar surface area (TPSA) is 80.9 Å². The molecule has 188 valence electrons. The Hall–Kier alpha value is -2.98. The number of rotatable bonds is 5. The molecule has 0 unspecified atom stereocenters. The van der Waals surface area contributed by atoms with E-state index in [-0.39, 0.29) is 34.7 Å². The van der Waals surface area contributed by atoms with Crippen molar-refractivity contribution in [2.45, 2.75) is 85.7 Å². The van der Waals surface area contributed by atoms with Crippen LogP contribution in [-0.4, -0.2) is 20.4 Å². The van der Waals surface area contributed by atoms with Crippen molar-refractivity contribution in [1.29, 1.82) is 0 Å². The van der Waals surface area contributed by atoms with Crippen molar-refractivity contribution < 1.29 is 20.4 Å². The second kappa shape index (κ2) is 9.58. The molecule has 0 fully saturated rings. The molecule has 0 saturated heterocycles. The van der Waals surface area contributed by atoms with Crippen LogP contribution in [0.25, 0.3) is 0 Å². The minimum absolute atomic E-state index is 0.124. The minimum Gasteiger partial charge on any atom is -0.507 e. The molecule has 4 N–H and O–H groups in total. The number of benzene rings is 3. The molecule has 0 aliphatic heterocycles. The van der Waals surface area contributed by atoms with Gasteiger partial charge in [0.2, 0.25) is 0 Å². The molecule has 35 heavy (non-hydrogen) atoms. The molecular formula is C31H40O4. The number of hydrogen-bond acceptors (Lipinski definition) is 4. The lowest BCUT2D eigenvalue weighted by Gasteiger charge is -2.24. The summed E-state index contributed by atoms with van der Waals surface area (Å²) in [5, 5.41) is 43.3. The van der Waals surface area contributed by atoms with Gasteiger partial charge in [0, 0.05) is 12.8 Å². The average molecular weight is 477 g/mol. The molecule has 0 aromatic heterocycles. The fourth-order valence-electron chi connectivity index (χ4n) is 4.72. The van der Waals surface area contributed by atoms with Crippen LogP contribution in [-0.2, 0) is 30.3 Å². The van der Waals surface area contributed by atoms with Gasteiger partial charge < -0.3 is 20.4 Å². The number of hydrogen-bond donors (Lipinski definition) is 4. The number of aryl methyl sites for hydroxylation is 2. The quantitative estimate of drug-likeness (QED) is 0.331. The molecule has 4 nitrogen and oxygen atoms in total. The maximum absolute atomic E-state index is 11.3. The van der Waals surface area contributed by atoms with Gasteiger partial charge in [-0.05, 0) is 75.8 Å². The Bertz CT molecular complexity index is 1150. The van der Waals surface area contributed by atoms with Gasteiger partial charge in [-0.2, -0.15) is 0 Å². The lowest BCUT2D eigenvalue weighted by atomic mass is 9.82. The van der Waals surface area contributed by atoms with E-state index in [9.17, 15) is 20.4 Å². The van der Waals surface area contributed by atoms with Crippen LogP contribution in [0.15, 0.2) is 36.4 Å². The van der Waals surface area contributed by atoms with Crippen LogP contribution >= 0.6 is 0 Å². The molecule has 0 aliphatic rings. The van der Waals surface area contributed by atoms with Crippen LogP contribution in [0.5, 0.6) is 17.2 Å². The van der Waals surface area contributed by atoms with E-state index in [0.717, 1.165) is 33.4 Å². The second-order valence-electron chi connectivity index (χ2n) is 11.9. The molecule has 0 radical (unpaired) electrons. The van der Waals surface area contributed by atoms with Crippen molar-refractivity contribution in [1.82, 2.24) is 0 Å². The maximum Gasteiger partial charge on any atom is 0.122 e. The molecule has 0 aliphatic carbocycles. The molecule has 0 saturated carbocycles. The van der Waals surface area contributed by atoms with Gasteiger partial charge in [0.05, 0.1) is 6.61 Å². The molecule has 4 heteroatoms. The summed E-state index contributed by atoms with van der Waals surface area (Å²) in [5.41, 5.74) is 6.79. The second-order valence-corrected chi connectivity index (χ2v) is 11.9. The number of aromatic hydroxyl groups is 3. The first-order valence-electron chi connectivity index (χ1n) is 12.2. The first-order valence-corrected chi connectivity index (χ1v) is 12.2. The number of phenols is 3. The van der Waals surface area contributed by atoms with E-state index in [2.05, 4.69) is 41.5 Å². The summed E-state index contributed by atoms with van der Waals surface area (Å²) in [7, 11) is 0. The minimum atomic E-state index is -0.224. The Morgan fingerprint density at radius 2 is 0.886 bits per heavy atom. The summed E-state index contributed by atoms with van der Waals surface area (Å²) in [6.45, 7) is 16.2. The number of aliphatic hydroxyl groups is 1. The lowest BCUT2D eigenvalue weighted by Crippen LogP contribution is -2.13. The summed E-state index contributed by atoms with van der Waals surface area (Å²) >= 11 is 0. The third-order valence-electron chi connectivity index (χ3n) is 6.55. The van der Waals surface area contributed by atoms with E-state index in [4.69, 9.17) is 0 Å². The Balaban J connectivity index is 2.10. The number of phenolic OH excluding ortho intramolecular Hbond substituents is 3. The summed E-state index contributed by atoms with van der Waals surface area (Å²) in [5.74, 6) is 0.604. The molecule has 0 bridgehead atoms. The molecular weight excluding hydrogens is 436 g/mol. The monoisotopic (exact) mass is 476 g/mol. The summed E-state index contributed by atoms with van der Waals surface area (Å²) in [6.07, 6.45) is 0.659. The highest BCUT2D eigenvalue weighted by molar-refractivity contribution is 5.55. The van der Waals surface area contributed by atoms with Gasteiger partial charge >= 0.3 is 0 Å². The Morgan fingerprint density at radius 1 is 0.543 bits per heavy atom. The molecule has 0 heterocycles. The molecule has 0 spiro atoms. The zero-order valence-corrected chi connectivity index (χ0v) is 22.4. The Labute approximate surface area is 209 Å². The molecule has 0 amide bonds. The fraction of sp³-hybridized carbons (Fsp3) is 0.419. The third-order valence-corrected chi connectivity index (χ3v) is 6.55. The molecule has 0 atom stereocenters. The fourth-order valence-corrected chi connectivity index (χ4v) is 4.72. The largest absolute Gasteiger partial charge is 0.507 e. The average Bonchev–Trinajstić information content (AvgIpc) is 2.73. The smallest absolute Gasteiger partial charge is 0.122 e. The highest BCUT2D eigenvalue weighted by Crippen LogP contribution is 2.39. The number of aliphatic hydroxyl groups excluding tert-OH is 1. The Morgan fingerprint density at radius 3 is 1.20 bits per heavy atom. The standard InChI is InChI=1S/C31H40O4/c1-18-9-21(28(34)25(11-18)30(3,4)5)15-23-13-20(17-32)14-24(27(23)33)16-22-10-19(2)12-26(29(22)35)31(6,7)8/h9-14,32-35H,15-17H2,1-8H3. The first-order chi connectivity index (χ1) is 16.1. The van der Waals surface area contributed by atoms with Crippen LogP contribution < -0.4 is 0 Å². The van der Waals surface area contributed by atoms with E-state index in [0.29, 0.717) is 29.5 Å². The zero-order valence-electron chi connectivity index (χ0n) is 22.4. The predicted octanol–water partition coefficient (Wildman–Crippen LogP) is 6.69. The van der Waals surface area contributed by atoms with Gasteiger partial charge in [0.25, 0.3) is 0 Å². The van der Waals surface area contributed by atoms with Crippen LogP contribution in [0.4, 0.5) is 0 Å². The summed E-state index contributed by atoms with van der Waals surface area (Å²) < 4.78 is 0. The van der Waals surface area contributed by atoms with Gasteiger partial charge in [0.1, 0.15) is 17.2 Å². The molecule has 3 aromatic carbocycles. The van der Waals surface area contributed by atoms with Gasteiger partial charge in [-0.3, -0.25) is 0 Å². The highest BCUT2D eigenvalue weighted by Gasteiger charge is 2.24. The molecule has 3 rings (SSSR count). The van der Waals surface area contributed by atoms with Gasteiger partial charge in [-0.15, -0.1) is 0 Å². The van der Waals surface area contributed by atoms with Crippen molar-refractivity contribution in [2.24, 2.45) is 0 Å². The van der Waals surface area contributed by atoms with E-state index < -0.39 is 0 Å². The maximum atomic E-state index is 11.3. The predicted molar refractivity (Wildman–Crippen MR) is 143 cm³/mol. The van der Waals surface area contributed by atoms with E-state index >= 15 is 0 Å². The van der Waals surface area contributed by atoms with Crippen LogP contribution in [0, 0.1) is 13.8 Å². The highest BCUT2D eigenvalue weighted by atomic mass is 16.3.